The van der Waals surface area contributed by atoms with Gasteiger partial charge in [-0.1, -0.05) is 23.2 Å². The quantitative estimate of drug-likeness (QED) is 0.434. The summed E-state index contributed by atoms with van der Waals surface area (Å²) in [6.07, 6.45) is 5.33. The highest BCUT2D eigenvalue weighted by Gasteiger charge is 2.53. The molecule has 2 saturated carbocycles. The van der Waals surface area contributed by atoms with Gasteiger partial charge < -0.3 is 21.5 Å². The van der Waals surface area contributed by atoms with Crippen LogP contribution in [0.15, 0.2) is 30.5 Å². The van der Waals surface area contributed by atoms with Gasteiger partial charge in [0.05, 0.1) is 40.0 Å². The summed E-state index contributed by atoms with van der Waals surface area (Å²) in [7, 11) is 0. The van der Waals surface area contributed by atoms with E-state index in [1.165, 1.54) is 17.7 Å². The highest BCUT2D eigenvalue weighted by atomic mass is 35.5. The predicted octanol–water partition coefficient (Wildman–Crippen LogP) is 3.23. The fourth-order valence-corrected chi connectivity index (χ4v) is 4.20. The molecule has 0 spiro atoms. The molecule has 1 aliphatic heterocycles. The van der Waals surface area contributed by atoms with Gasteiger partial charge in [0.1, 0.15) is 0 Å². The number of hydrogen-bond donors (Lipinski definition) is 3. The van der Waals surface area contributed by atoms with E-state index < -0.39 is 11.4 Å². The Morgan fingerprint density at radius 2 is 1.79 bits per heavy atom. The van der Waals surface area contributed by atoms with Crippen molar-refractivity contribution in [2.45, 2.75) is 43.3 Å². The minimum absolute atomic E-state index is 0.0182. The van der Waals surface area contributed by atoms with Gasteiger partial charge in [0.2, 0.25) is 5.91 Å². The number of anilines is 1. The molecule has 3 fully saturated rings. The highest BCUT2D eigenvalue weighted by Crippen LogP contribution is 2.46. The molecule has 178 valence electrons. The zero-order chi connectivity index (χ0) is 23.6. The van der Waals surface area contributed by atoms with Gasteiger partial charge >= 0.3 is 0 Å². The first-order valence-corrected chi connectivity index (χ1v) is 11.7. The van der Waals surface area contributed by atoms with E-state index in [0.717, 1.165) is 64.2 Å². The van der Waals surface area contributed by atoms with E-state index in [9.17, 15) is 9.18 Å². The molecule has 2 aliphatic carbocycles. The van der Waals surface area contributed by atoms with Crippen molar-refractivity contribution in [1.82, 2.24) is 15.2 Å². The number of benzene rings is 1. The number of aromatic nitrogens is 1. The van der Waals surface area contributed by atoms with Gasteiger partial charge in [-0.15, -0.1) is 0 Å². The summed E-state index contributed by atoms with van der Waals surface area (Å²) in [6, 6.07) is 6.81. The van der Waals surface area contributed by atoms with E-state index in [2.05, 4.69) is 27.3 Å². The number of morpholine rings is 1. The lowest BCUT2D eigenvalue weighted by Gasteiger charge is -2.27. The largest absolute Gasteiger partial charge is 0.399 e. The fourth-order valence-electron chi connectivity index (χ4n) is 3.70. The average molecular weight is 496 g/mol. The molecule has 2 aromatic rings. The molecule has 1 saturated heterocycles. The Hall–Kier alpha value is -1.97. The first kappa shape index (κ1) is 24.2. The number of pyridine rings is 1. The Balaban J connectivity index is 0.000000219. The van der Waals surface area contributed by atoms with Crippen LogP contribution in [0.2, 0.25) is 10.0 Å². The van der Waals surface area contributed by atoms with E-state index >= 15 is 0 Å². The van der Waals surface area contributed by atoms with Crippen LogP contribution in [0.3, 0.4) is 0 Å². The van der Waals surface area contributed by atoms with Crippen molar-refractivity contribution >= 4 is 34.8 Å². The third-order valence-electron chi connectivity index (χ3n) is 6.17. The second kappa shape index (κ2) is 9.72. The molecule has 33 heavy (non-hydrogen) atoms. The molecule has 10 heteroatoms. The molecule has 0 atom stereocenters. The molecular weight excluding hydrogens is 468 g/mol. The van der Waals surface area contributed by atoms with E-state index in [1.54, 1.807) is 0 Å². The van der Waals surface area contributed by atoms with Gasteiger partial charge in [-0.2, -0.15) is 0 Å². The lowest BCUT2D eigenvalue weighted by atomic mass is 10.1. The van der Waals surface area contributed by atoms with Crippen molar-refractivity contribution < 1.29 is 13.9 Å². The van der Waals surface area contributed by atoms with Gasteiger partial charge in [0.25, 0.3) is 0 Å². The molecule has 0 unspecified atom stereocenters. The number of carbonyl (C=O) groups is 1. The second-order valence-electron chi connectivity index (χ2n) is 8.93. The van der Waals surface area contributed by atoms with Crippen LogP contribution in [0.4, 0.5) is 10.1 Å². The Labute approximate surface area is 202 Å². The average Bonchev–Trinajstić information content (AvgIpc) is 3.72. The summed E-state index contributed by atoms with van der Waals surface area (Å²) in [5, 5.41) is 3.06. The van der Waals surface area contributed by atoms with Crippen LogP contribution in [0.5, 0.6) is 0 Å². The third kappa shape index (κ3) is 5.94. The van der Waals surface area contributed by atoms with Crippen LogP contribution in [-0.2, 0) is 21.6 Å². The summed E-state index contributed by atoms with van der Waals surface area (Å²) >= 11 is 10.8. The fraction of sp³-hybridized carbons (Fsp3) is 0.478. The monoisotopic (exact) mass is 495 g/mol. The number of hydrogen-bond acceptors (Lipinski definition) is 6. The maximum atomic E-state index is 12.6. The van der Waals surface area contributed by atoms with Crippen molar-refractivity contribution in [2.24, 2.45) is 5.73 Å². The van der Waals surface area contributed by atoms with Crippen LogP contribution < -0.4 is 16.8 Å². The van der Waals surface area contributed by atoms with E-state index in [1.807, 2.05) is 6.20 Å². The molecule has 2 heterocycles. The zero-order valence-electron chi connectivity index (χ0n) is 18.3. The summed E-state index contributed by atoms with van der Waals surface area (Å²) in [5.74, 6) is -0.645. The predicted molar refractivity (Wildman–Crippen MR) is 126 cm³/mol. The van der Waals surface area contributed by atoms with Crippen molar-refractivity contribution in [1.29, 1.82) is 0 Å². The normalized spacial score (nSPS) is 20.4. The number of nitrogens with zero attached hydrogens (tertiary/aromatic N) is 2. The SMILES string of the molecule is NC1(C(=O)NC2(c3cc(CN4CCOCC4)ccn3)CC2)CC1.Nc1cc(Cl)c(F)c(Cl)c1. The first-order chi connectivity index (χ1) is 15.7. The Morgan fingerprint density at radius 3 is 2.36 bits per heavy atom. The molecule has 0 bridgehead atoms. The number of halogens is 3. The number of nitrogen functional groups attached to an aromatic ring is 1. The standard InChI is InChI=1S/C17H24N4O2.C6H4Cl2FN/c18-16(2-3-16)15(22)20-17(4-5-17)14-11-13(1-6-19-14)12-21-7-9-23-10-8-21;7-4-1-3(10)2-5(8)6(4)9/h1,6,11H,2-5,7-10,12,18H2,(H,20,22);1-2H,10H2. The molecule has 3 aliphatic rings. The number of nitrogens with one attached hydrogen (secondary N) is 1. The van der Waals surface area contributed by atoms with Gasteiger partial charge in [-0.3, -0.25) is 14.7 Å². The Bertz CT molecular complexity index is 1000. The van der Waals surface area contributed by atoms with Crippen LogP contribution in [0.1, 0.15) is 36.9 Å². The first-order valence-electron chi connectivity index (χ1n) is 11.0. The lowest BCUT2D eigenvalue weighted by Crippen LogP contribution is -2.47. The van der Waals surface area contributed by atoms with Crippen molar-refractivity contribution in [3.63, 3.8) is 0 Å². The summed E-state index contributed by atoms with van der Waals surface area (Å²) in [6.45, 7) is 4.45. The smallest absolute Gasteiger partial charge is 0.240 e. The van der Waals surface area contributed by atoms with Crippen molar-refractivity contribution in [3.05, 3.63) is 57.6 Å². The minimum Gasteiger partial charge on any atom is -0.399 e. The van der Waals surface area contributed by atoms with E-state index in [4.69, 9.17) is 39.4 Å². The number of nitrogens with two attached hydrogens (primary N) is 2. The Morgan fingerprint density at radius 1 is 1.15 bits per heavy atom. The highest BCUT2D eigenvalue weighted by molar-refractivity contribution is 6.35. The molecule has 1 aromatic carbocycles. The number of carbonyl (C=O) groups excluding carboxylic acids is 1. The number of amides is 1. The molecule has 0 radical (unpaired) electrons. The number of ether oxygens (including phenoxy) is 1. The van der Waals surface area contributed by atoms with E-state index in [0.29, 0.717) is 5.69 Å². The molecule has 1 amide bonds. The van der Waals surface area contributed by atoms with Crippen LogP contribution in [-0.4, -0.2) is 47.6 Å². The molecule has 1 aromatic heterocycles. The third-order valence-corrected chi connectivity index (χ3v) is 6.72. The topological polar surface area (TPSA) is 106 Å². The van der Waals surface area contributed by atoms with Crippen LogP contribution in [0.25, 0.3) is 0 Å². The molecule has 5 rings (SSSR count). The zero-order valence-corrected chi connectivity index (χ0v) is 19.8. The van der Waals surface area contributed by atoms with Crippen molar-refractivity contribution in [3.8, 4) is 0 Å². The van der Waals surface area contributed by atoms with E-state index in [-0.39, 0.29) is 21.5 Å². The van der Waals surface area contributed by atoms with Gasteiger partial charge in [0.15, 0.2) is 5.82 Å². The number of rotatable bonds is 5. The van der Waals surface area contributed by atoms with Gasteiger partial charge in [-0.05, 0) is 55.5 Å². The maximum Gasteiger partial charge on any atom is 0.240 e. The van der Waals surface area contributed by atoms with Crippen LogP contribution >= 0.6 is 23.2 Å². The Kier molecular flexibility index (Phi) is 7.12. The molecule has 7 nitrogen and oxygen atoms in total. The van der Waals surface area contributed by atoms with Crippen LogP contribution in [0, 0.1) is 5.82 Å². The van der Waals surface area contributed by atoms with Gasteiger partial charge in [-0.25, -0.2) is 4.39 Å². The minimum atomic E-state index is -0.627. The summed E-state index contributed by atoms with van der Waals surface area (Å²) in [4.78, 5) is 19.2. The summed E-state index contributed by atoms with van der Waals surface area (Å²) in [5.41, 5.74) is 13.0. The molecule has 5 N–H and O–H groups in total. The van der Waals surface area contributed by atoms with Gasteiger partial charge in [0, 0.05) is 31.5 Å². The lowest BCUT2D eigenvalue weighted by molar-refractivity contribution is -0.124. The van der Waals surface area contributed by atoms with Crippen molar-refractivity contribution in [2.75, 3.05) is 32.0 Å². The second-order valence-corrected chi connectivity index (χ2v) is 9.74. The maximum absolute atomic E-state index is 12.6. The summed E-state index contributed by atoms with van der Waals surface area (Å²) < 4.78 is 18.0. The molecular formula is C23H28Cl2FN5O2.